The third-order valence-corrected chi connectivity index (χ3v) is 2.99. The summed E-state index contributed by atoms with van der Waals surface area (Å²) in [7, 11) is 1.94. The van der Waals surface area contributed by atoms with Crippen LogP contribution in [-0.4, -0.2) is 36.7 Å². The average molecular weight is 278 g/mol. The molecule has 0 aliphatic carbocycles. The number of hydrogen-bond donors (Lipinski definition) is 0. The molecule has 2 aromatic rings. The summed E-state index contributed by atoms with van der Waals surface area (Å²) in [6.45, 7) is 4.64. The Labute approximate surface area is 118 Å². The predicted octanol–water partition coefficient (Wildman–Crippen LogP) is 2.95. The molecule has 0 fully saturated rings. The van der Waals surface area contributed by atoms with Crippen molar-refractivity contribution in [1.82, 2.24) is 9.88 Å². The Morgan fingerprint density at radius 3 is 2.90 bits per heavy atom. The number of nitrogens with zero attached hydrogens (tertiary/aromatic N) is 2. The van der Waals surface area contributed by atoms with Gasteiger partial charge >= 0.3 is 0 Å². The number of aromatic nitrogens is 1. The first kappa shape index (κ1) is 14.7. The van der Waals surface area contributed by atoms with E-state index in [0.717, 1.165) is 6.54 Å². The molecule has 1 aromatic carbocycles. The van der Waals surface area contributed by atoms with E-state index in [0.29, 0.717) is 36.8 Å². The molecule has 0 amide bonds. The highest BCUT2D eigenvalue weighted by Gasteiger charge is 2.09. The lowest BCUT2D eigenvalue weighted by Crippen LogP contribution is -2.23. The van der Waals surface area contributed by atoms with Crippen molar-refractivity contribution in [2.75, 3.05) is 26.8 Å². The molecule has 20 heavy (non-hydrogen) atoms. The lowest BCUT2D eigenvalue weighted by Gasteiger charge is -2.17. The normalized spacial score (nSPS) is 11.2. The molecule has 5 heteroatoms. The summed E-state index contributed by atoms with van der Waals surface area (Å²) in [5.74, 6) is 0.184. The SMILES string of the molecule is CCOCCN(C)Cc1ccc(-c2ncco2)cc1F. The summed E-state index contributed by atoms with van der Waals surface area (Å²) in [5.41, 5.74) is 1.30. The van der Waals surface area contributed by atoms with Gasteiger partial charge in [0.15, 0.2) is 0 Å². The van der Waals surface area contributed by atoms with Crippen molar-refractivity contribution >= 4 is 0 Å². The van der Waals surface area contributed by atoms with Crippen molar-refractivity contribution in [2.24, 2.45) is 0 Å². The summed E-state index contributed by atoms with van der Waals surface area (Å²) in [5, 5.41) is 0. The maximum Gasteiger partial charge on any atom is 0.225 e. The Bertz CT molecular complexity index is 529. The van der Waals surface area contributed by atoms with E-state index < -0.39 is 0 Å². The van der Waals surface area contributed by atoms with E-state index >= 15 is 0 Å². The number of likely N-dealkylation sites (N-methyl/N-ethyl adjacent to an activating group) is 1. The Kier molecular flexibility index (Phi) is 5.26. The Morgan fingerprint density at radius 2 is 2.25 bits per heavy atom. The van der Waals surface area contributed by atoms with Crippen LogP contribution in [0.2, 0.25) is 0 Å². The Balaban J connectivity index is 1.99. The van der Waals surface area contributed by atoms with Gasteiger partial charge in [-0.1, -0.05) is 6.07 Å². The largest absolute Gasteiger partial charge is 0.445 e. The molecule has 0 unspecified atom stereocenters. The Morgan fingerprint density at radius 1 is 1.40 bits per heavy atom. The lowest BCUT2D eigenvalue weighted by atomic mass is 10.1. The van der Waals surface area contributed by atoms with Crippen LogP contribution in [0.25, 0.3) is 11.5 Å². The van der Waals surface area contributed by atoms with Gasteiger partial charge in [-0.15, -0.1) is 0 Å². The highest BCUT2D eigenvalue weighted by atomic mass is 19.1. The maximum absolute atomic E-state index is 14.1. The van der Waals surface area contributed by atoms with Crippen LogP contribution in [-0.2, 0) is 11.3 Å². The average Bonchev–Trinajstić information content (AvgIpc) is 2.95. The van der Waals surface area contributed by atoms with Crippen molar-refractivity contribution in [1.29, 1.82) is 0 Å². The zero-order valence-electron chi connectivity index (χ0n) is 11.8. The minimum atomic E-state index is -0.246. The second-order valence-electron chi connectivity index (χ2n) is 4.58. The van der Waals surface area contributed by atoms with E-state index in [1.807, 2.05) is 24.9 Å². The minimum absolute atomic E-state index is 0.246. The lowest BCUT2D eigenvalue weighted by molar-refractivity contribution is 0.120. The van der Waals surface area contributed by atoms with Gasteiger partial charge in [-0.05, 0) is 26.1 Å². The van der Waals surface area contributed by atoms with Crippen LogP contribution in [0, 0.1) is 5.82 Å². The number of hydrogen-bond acceptors (Lipinski definition) is 4. The van der Waals surface area contributed by atoms with Crippen LogP contribution in [0.15, 0.2) is 35.1 Å². The monoisotopic (exact) mass is 278 g/mol. The van der Waals surface area contributed by atoms with Gasteiger partial charge < -0.3 is 9.15 Å². The quantitative estimate of drug-likeness (QED) is 0.730. The third-order valence-electron chi connectivity index (χ3n) is 2.99. The van der Waals surface area contributed by atoms with Gasteiger partial charge in [0.25, 0.3) is 0 Å². The molecule has 1 aromatic heterocycles. The van der Waals surface area contributed by atoms with Gasteiger partial charge in [-0.3, -0.25) is 4.90 Å². The van der Waals surface area contributed by atoms with Gasteiger partial charge in [-0.2, -0.15) is 0 Å². The van der Waals surface area contributed by atoms with Crippen LogP contribution < -0.4 is 0 Å². The highest BCUT2D eigenvalue weighted by molar-refractivity contribution is 5.53. The zero-order chi connectivity index (χ0) is 14.4. The van der Waals surface area contributed by atoms with Crippen LogP contribution in [0.3, 0.4) is 0 Å². The Hall–Kier alpha value is -1.72. The fraction of sp³-hybridized carbons (Fsp3) is 0.400. The first-order valence-electron chi connectivity index (χ1n) is 6.65. The number of rotatable bonds is 7. The smallest absolute Gasteiger partial charge is 0.225 e. The molecule has 1 heterocycles. The highest BCUT2D eigenvalue weighted by Crippen LogP contribution is 2.20. The second kappa shape index (κ2) is 7.17. The number of benzene rings is 1. The van der Waals surface area contributed by atoms with Crippen molar-refractivity contribution in [3.63, 3.8) is 0 Å². The standard InChI is InChI=1S/C15H19FN2O2/c1-3-19-9-7-18(2)11-13-5-4-12(10-14(13)16)15-17-6-8-20-15/h4-6,8,10H,3,7,9,11H2,1-2H3. The fourth-order valence-corrected chi connectivity index (χ4v) is 1.91. The molecule has 0 spiro atoms. The number of ether oxygens (including phenoxy) is 1. The van der Waals surface area contributed by atoms with Crippen LogP contribution in [0.4, 0.5) is 4.39 Å². The van der Waals surface area contributed by atoms with Crippen molar-refractivity contribution in [3.05, 3.63) is 42.0 Å². The summed E-state index contributed by atoms with van der Waals surface area (Å²) in [6, 6.07) is 5.05. The molecular formula is C15H19FN2O2. The van der Waals surface area contributed by atoms with E-state index in [4.69, 9.17) is 9.15 Å². The van der Waals surface area contributed by atoms with E-state index in [9.17, 15) is 4.39 Å². The molecule has 4 nitrogen and oxygen atoms in total. The molecule has 0 saturated carbocycles. The predicted molar refractivity (Wildman–Crippen MR) is 74.7 cm³/mol. The molecule has 2 rings (SSSR count). The summed E-state index contributed by atoms with van der Waals surface area (Å²) in [4.78, 5) is 6.03. The van der Waals surface area contributed by atoms with Crippen LogP contribution in [0.1, 0.15) is 12.5 Å². The van der Waals surface area contributed by atoms with E-state index in [-0.39, 0.29) is 5.82 Å². The first-order chi connectivity index (χ1) is 9.70. The summed E-state index contributed by atoms with van der Waals surface area (Å²) >= 11 is 0. The van der Waals surface area contributed by atoms with Crippen LogP contribution >= 0.6 is 0 Å². The topological polar surface area (TPSA) is 38.5 Å². The van der Waals surface area contributed by atoms with E-state index in [1.165, 1.54) is 12.3 Å². The zero-order valence-corrected chi connectivity index (χ0v) is 11.8. The molecule has 0 bridgehead atoms. The molecule has 108 valence electrons. The maximum atomic E-state index is 14.1. The fourth-order valence-electron chi connectivity index (χ4n) is 1.91. The van der Waals surface area contributed by atoms with Crippen molar-refractivity contribution in [3.8, 4) is 11.5 Å². The second-order valence-corrected chi connectivity index (χ2v) is 4.58. The third kappa shape index (κ3) is 3.88. The summed E-state index contributed by atoms with van der Waals surface area (Å²) in [6.07, 6.45) is 3.02. The molecular weight excluding hydrogens is 259 g/mol. The molecule has 0 aliphatic rings. The van der Waals surface area contributed by atoms with Gasteiger partial charge in [-0.25, -0.2) is 9.37 Å². The van der Waals surface area contributed by atoms with Crippen LogP contribution in [0.5, 0.6) is 0 Å². The van der Waals surface area contributed by atoms with Gasteiger partial charge in [0.05, 0.1) is 12.8 Å². The molecule has 0 atom stereocenters. The van der Waals surface area contributed by atoms with Gasteiger partial charge in [0.2, 0.25) is 5.89 Å². The first-order valence-corrected chi connectivity index (χ1v) is 6.65. The van der Waals surface area contributed by atoms with Gasteiger partial charge in [0, 0.05) is 30.8 Å². The van der Waals surface area contributed by atoms with Gasteiger partial charge in [0.1, 0.15) is 12.1 Å². The van der Waals surface area contributed by atoms with Crippen molar-refractivity contribution in [2.45, 2.75) is 13.5 Å². The minimum Gasteiger partial charge on any atom is -0.445 e. The van der Waals surface area contributed by atoms with E-state index in [1.54, 1.807) is 12.3 Å². The van der Waals surface area contributed by atoms with E-state index in [2.05, 4.69) is 4.98 Å². The summed E-state index contributed by atoms with van der Waals surface area (Å²) < 4.78 is 24.5. The molecule has 0 N–H and O–H groups in total. The number of oxazole rings is 1. The number of halogens is 1. The molecule has 0 saturated heterocycles. The van der Waals surface area contributed by atoms with Crippen molar-refractivity contribution < 1.29 is 13.5 Å². The molecule has 0 radical (unpaired) electrons. The molecule has 0 aliphatic heterocycles.